The number of anilines is 1. The summed E-state index contributed by atoms with van der Waals surface area (Å²) in [4.78, 5) is 16.6. The number of aromatic nitrogens is 2. The summed E-state index contributed by atoms with van der Waals surface area (Å²) in [7, 11) is 0. The van der Waals surface area contributed by atoms with Crippen LogP contribution in [0.3, 0.4) is 0 Å². The molecule has 1 N–H and O–H groups in total. The maximum Gasteiger partial charge on any atom is 0.224 e. The molecule has 23 heavy (non-hydrogen) atoms. The second-order valence-corrected chi connectivity index (χ2v) is 6.15. The number of carbonyl (C=O) groups excluding carboxylic acids is 1. The molecule has 0 saturated heterocycles. The number of halogens is 2. The van der Waals surface area contributed by atoms with Gasteiger partial charge in [0, 0.05) is 34.0 Å². The number of hydrogen-bond acceptors (Lipinski definition) is 2. The highest BCUT2D eigenvalue weighted by molar-refractivity contribution is 6.35. The molecule has 0 fully saturated rings. The molecular formula is C17H15Cl2N3O. The highest BCUT2D eigenvalue weighted by Gasteiger charge is 2.11. The molecule has 118 valence electrons. The summed E-state index contributed by atoms with van der Waals surface area (Å²) in [5, 5.41) is 3.80. The number of amides is 1. The van der Waals surface area contributed by atoms with E-state index in [1.807, 2.05) is 35.7 Å². The third-order valence-corrected chi connectivity index (χ3v) is 4.00. The van der Waals surface area contributed by atoms with E-state index >= 15 is 0 Å². The van der Waals surface area contributed by atoms with Crippen molar-refractivity contribution in [3.05, 3.63) is 64.0 Å². The zero-order chi connectivity index (χ0) is 16.4. The molecule has 0 aliphatic rings. The molecule has 0 spiro atoms. The van der Waals surface area contributed by atoms with Crippen LogP contribution in [0.4, 0.5) is 5.69 Å². The Kier molecular flexibility index (Phi) is 4.55. The van der Waals surface area contributed by atoms with Gasteiger partial charge in [-0.05, 0) is 43.7 Å². The molecule has 0 unspecified atom stereocenters. The van der Waals surface area contributed by atoms with E-state index in [2.05, 4.69) is 10.3 Å². The highest BCUT2D eigenvalue weighted by Crippen LogP contribution is 2.22. The third-order valence-electron chi connectivity index (χ3n) is 3.56. The summed E-state index contributed by atoms with van der Waals surface area (Å²) >= 11 is 11.9. The lowest BCUT2D eigenvalue weighted by Gasteiger charge is -2.07. The van der Waals surface area contributed by atoms with E-state index in [4.69, 9.17) is 23.2 Å². The van der Waals surface area contributed by atoms with Gasteiger partial charge in [0.1, 0.15) is 5.65 Å². The quantitative estimate of drug-likeness (QED) is 0.753. The SMILES string of the molecule is Cc1nc2ccccn2c1CCC(=O)Nc1cc(Cl)cc(Cl)c1. The third kappa shape index (κ3) is 3.66. The van der Waals surface area contributed by atoms with Gasteiger partial charge in [0.2, 0.25) is 5.91 Å². The van der Waals surface area contributed by atoms with E-state index in [0.717, 1.165) is 17.0 Å². The van der Waals surface area contributed by atoms with E-state index in [1.54, 1.807) is 18.2 Å². The second-order valence-electron chi connectivity index (χ2n) is 5.28. The summed E-state index contributed by atoms with van der Waals surface area (Å²) in [5.74, 6) is -0.0892. The van der Waals surface area contributed by atoms with Crippen molar-refractivity contribution in [2.45, 2.75) is 19.8 Å². The Balaban J connectivity index is 1.70. The van der Waals surface area contributed by atoms with Crippen molar-refractivity contribution in [1.29, 1.82) is 0 Å². The smallest absolute Gasteiger partial charge is 0.224 e. The molecule has 0 aliphatic heterocycles. The first kappa shape index (κ1) is 15.8. The maximum atomic E-state index is 12.2. The minimum atomic E-state index is -0.0892. The Morgan fingerprint density at radius 1 is 1.22 bits per heavy atom. The minimum Gasteiger partial charge on any atom is -0.326 e. The predicted octanol–water partition coefficient (Wildman–Crippen LogP) is 4.52. The normalized spacial score (nSPS) is 10.9. The van der Waals surface area contributed by atoms with Crippen molar-refractivity contribution >= 4 is 40.4 Å². The van der Waals surface area contributed by atoms with Crippen LogP contribution in [0, 0.1) is 6.92 Å². The van der Waals surface area contributed by atoms with Gasteiger partial charge in [-0.15, -0.1) is 0 Å². The van der Waals surface area contributed by atoms with E-state index < -0.39 is 0 Å². The molecule has 0 aliphatic carbocycles. The number of nitrogens with zero attached hydrogens (tertiary/aromatic N) is 2. The van der Waals surface area contributed by atoms with Gasteiger partial charge < -0.3 is 9.72 Å². The number of imidazole rings is 1. The number of rotatable bonds is 4. The van der Waals surface area contributed by atoms with Crippen LogP contribution in [0.2, 0.25) is 10.0 Å². The molecule has 1 amide bonds. The van der Waals surface area contributed by atoms with Crippen molar-refractivity contribution in [3.63, 3.8) is 0 Å². The maximum absolute atomic E-state index is 12.2. The number of fused-ring (bicyclic) bond motifs is 1. The fraction of sp³-hybridized carbons (Fsp3) is 0.176. The first-order chi connectivity index (χ1) is 11.0. The highest BCUT2D eigenvalue weighted by atomic mass is 35.5. The summed E-state index contributed by atoms with van der Waals surface area (Å²) < 4.78 is 2.01. The van der Waals surface area contributed by atoms with Crippen molar-refractivity contribution < 1.29 is 4.79 Å². The molecule has 3 rings (SSSR count). The Morgan fingerprint density at radius 2 is 1.96 bits per heavy atom. The topological polar surface area (TPSA) is 46.4 Å². The Labute approximate surface area is 144 Å². The molecule has 2 heterocycles. The molecule has 0 bridgehead atoms. The molecule has 4 nitrogen and oxygen atoms in total. The fourth-order valence-corrected chi connectivity index (χ4v) is 3.07. The number of carbonyl (C=O) groups is 1. The van der Waals surface area contributed by atoms with Gasteiger partial charge in [-0.2, -0.15) is 0 Å². The van der Waals surface area contributed by atoms with Crippen LogP contribution in [0.25, 0.3) is 5.65 Å². The number of benzene rings is 1. The van der Waals surface area contributed by atoms with Gasteiger partial charge in [-0.25, -0.2) is 4.98 Å². The zero-order valence-electron chi connectivity index (χ0n) is 12.5. The number of pyridine rings is 1. The van der Waals surface area contributed by atoms with Gasteiger partial charge in [0.25, 0.3) is 0 Å². The van der Waals surface area contributed by atoms with Crippen LogP contribution in [0.5, 0.6) is 0 Å². The van der Waals surface area contributed by atoms with E-state index in [0.29, 0.717) is 28.6 Å². The van der Waals surface area contributed by atoms with Crippen LogP contribution in [0.1, 0.15) is 17.8 Å². The Morgan fingerprint density at radius 3 is 2.70 bits per heavy atom. The lowest BCUT2D eigenvalue weighted by Crippen LogP contribution is -2.13. The molecule has 2 aromatic heterocycles. The minimum absolute atomic E-state index is 0.0892. The van der Waals surface area contributed by atoms with Crippen molar-refractivity contribution in [1.82, 2.24) is 9.38 Å². The molecule has 3 aromatic rings. The average molecular weight is 348 g/mol. The zero-order valence-corrected chi connectivity index (χ0v) is 14.0. The Bertz CT molecular complexity index is 853. The second kappa shape index (κ2) is 6.60. The number of hydrogen-bond donors (Lipinski definition) is 1. The lowest BCUT2D eigenvalue weighted by molar-refractivity contribution is -0.116. The van der Waals surface area contributed by atoms with E-state index in [1.165, 1.54) is 0 Å². The predicted molar refractivity (Wildman–Crippen MR) is 93.3 cm³/mol. The van der Waals surface area contributed by atoms with Crippen LogP contribution in [-0.4, -0.2) is 15.3 Å². The lowest BCUT2D eigenvalue weighted by atomic mass is 10.2. The first-order valence-electron chi connectivity index (χ1n) is 7.21. The van der Waals surface area contributed by atoms with E-state index in [9.17, 15) is 4.79 Å². The number of aryl methyl sites for hydroxylation is 2. The summed E-state index contributed by atoms with van der Waals surface area (Å²) in [6.45, 7) is 1.96. The van der Waals surface area contributed by atoms with Gasteiger partial charge in [-0.1, -0.05) is 29.3 Å². The van der Waals surface area contributed by atoms with Gasteiger partial charge in [0.05, 0.1) is 5.69 Å². The summed E-state index contributed by atoms with van der Waals surface area (Å²) in [5.41, 5.74) is 3.47. The molecule has 6 heteroatoms. The van der Waals surface area contributed by atoms with Gasteiger partial charge >= 0.3 is 0 Å². The summed E-state index contributed by atoms with van der Waals surface area (Å²) in [6, 6.07) is 10.8. The molecular weight excluding hydrogens is 333 g/mol. The van der Waals surface area contributed by atoms with Gasteiger partial charge in [0.15, 0.2) is 0 Å². The monoisotopic (exact) mass is 347 g/mol. The Hall–Kier alpha value is -2.04. The summed E-state index contributed by atoms with van der Waals surface area (Å²) in [6.07, 6.45) is 2.92. The van der Waals surface area contributed by atoms with Crippen molar-refractivity contribution in [3.8, 4) is 0 Å². The van der Waals surface area contributed by atoms with Crippen LogP contribution in [-0.2, 0) is 11.2 Å². The first-order valence-corrected chi connectivity index (χ1v) is 7.97. The van der Waals surface area contributed by atoms with Crippen LogP contribution < -0.4 is 5.32 Å². The molecule has 0 radical (unpaired) electrons. The number of nitrogens with one attached hydrogen (secondary N) is 1. The fourth-order valence-electron chi connectivity index (χ4n) is 2.55. The van der Waals surface area contributed by atoms with Gasteiger partial charge in [-0.3, -0.25) is 4.79 Å². The molecule has 0 saturated carbocycles. The molecule has 1 aromatic carbocycles. The average Bonchev–Trinajstić information content (AvgIpc) is 2.79. The van der Waals surface area contributed by atoms with Crippen molar-refractivity contribution in [2.75, 3.05) is 5.32 Å². The van der Waals surface area contributed by atoms with Crippen LogP contribution >= 0.6 is 23.2 Å². The van der Waals surface area contributed by atoms with Crippen LogP contribution in [0.15, 0.2) is 42.6 Å². The van der Waals surface area contributed by atoms with Crippen molar-refractivity contribution in [2.24, 2.45) is 0 Å². The largest absolute Gasteiger partial charge is 0.326 e. The molecule has 0 atom stereocenters. The van der Waals surface area contributed by atoms with E-state index in [-0.39, 0.29) is 5.91 Å². The standard InChI is InChI=1S/C17H15Cl2N3O/c1-11-15(22-7-3-2-4-16(22)20-11)5-6-17(23)21-14-9-12(18)8-13(19)10-14/h2-4,7-10H,5-6H2,1H3,(H,21,23).